The first-order chi connectivity index (χ1) is 8.43. The molecule has 1 saturated heterocycles. The highest BCUT2D eigenvalue weighted by Crippen LogP contribution is 2.10. The Kier molecular flexibility index (Phi) is 5.36. The maximum Gasteiger partial charge on any atom is 0.328 e. The first kappa shape index (κ1) is 14.7. The zero-order chi connectivity index (χ0) is 13.7. The van der Waals surface area contributed by atoms with Gasteiger partial charge in [-0.2, -0.15) is 0 Å². The normalized spacial score (nSPS) is 25.6. The van der Waals surface area contributed by atoms with Gasteiger partial charge in [0.05, 0.1) is 18.8 Å². The molecule has 18 heavy (non-hydrogen) atoms. The zero-order valence-electron chi connectivity index (χ0n) is 10.9. The number of morpholine rings is 1. The van der Waals surface area contributed by atoms with E-state index in [0.717, 1.165) is 0 Å². The standard InChI is InChI=1S/C11H20N2O5/c1-7-4-13(5-8(2)18-7)11(16)12-9(6-17-3)10(14)15/h7-9H,4-6H2,1-3H3,(H,12,16)(H,14,15)/t7-,8+,9?. The third kappa shape index (κ3) is 4.15. The molecule has 0 saturated carbocycles. The lowest BCUT2D eigenvalue weighted by Crippen LogP contribution is -2.55. The minimum Gasteiger partial charge on any atom is -0.480 e. The van der Waals surface area contributed by atoms with E-state index in [1.165, 1.54) is 7.11 Å². The summed E-state index contributed by atoms with van der Waals surface area (Å²) in [5.74, 6) is -1.11. The largest absolute Gasteiger partial charge is 0.480 e. The van der Waals surface area contributed by atoms with Crippen LogP contribution in [-0.2, 0) is 14.3 Å². The fraction of sp³-hybridized carbons (Fsp3) is 0.818. The molecule has 7 nitrogen and oxygen atoms in total. The van der Waals surface area contributed by atoms with Crippen LogP contribution in [0.4, 0.5) is 4.79 Å². The molecule has 7 heteroatoms. The molecule has 0 bridgehead atoms. The Morgan fingerprint density at radius 1 is 1.44 bits per heavy atom. The molecule has 3 atom stereocenters. The molecule has 1 heterocycles. The minimum atomic E-state index is -1.11. The van der Waals surface area contributed by atoms with Crippen molar-refractivity contribution in [2.24, 2.45) is 0 Å². The fourth-order valence-corrected chi connectivity index (χ4v) is 1.93. The van der Waals surface area contributed by atoms with E-state index < -0.39 is 18.0 Å². The van der Waals surface area contributed by atoms with Crippen molar-refractivity contribution in [1.82, 2.24) is 10.2 Å². The smallest absolute Gasteiger partial charge is 0.328 e. The van der Waals surface area contributed by atoms with E-state index in [0.29, 0.717) is 13.1 Å². The quantitative estimate of drug-likeness (QED) is 0.737. The van der Waals surface area contributed by atoms with E-state index in [1.807, 2.05) is 13.8 Å². The summed E-state index contributed by atoms with van der Waals surface area (Å²) in [5.41, 5.74) is 0. The number of urea groups is 1. The Morgan fingerprint density at radius 3 is 2.44 bits per heavy atom. The third-order valence-electron chi connectivity index (χ3n) is 2.64. The number of hydrogen-bond donors (Lipinski definition) is 2. The SMILES string of the molecule is COCC(NC(=O)N1C[C@@H](C)O[C@@H](C)C1)C(=O)O. The van der Waals surface area contributed by atoms with E-state index in [1.54, 1.807) is 4.90 Å². The van der Waals surface area contributed by atoms with Gasteiger partial charge in [0.25, 0.3) is 0 Å². The van der Waals surface area contributed by atoms with Crippen LogP contribution in [0.2, 0.25) is 0 Å². The molecule has 0 radical (unpaired) electrons. The lowest BCUT2D eigenvalue weighted by Gasteiger charge is -2.35. The summed E-state index contributed by atoms with van der Waals surface area (Å²) in [7, 11) is 1.39. The highest BCUT2D eigenvalue weighted by molar-refractivity contribution is 5.82. The van der Waals surface area contributed by atoms with Crippen LogP contribution < -0.4 is 5.32 Å². The van der Waals surface area contributed by atoms with E-state index >= 15 is 0 Å². The van der Waals surface area contributed by atoms with Gasteiger partial charge in [-0.15, -0.1) is 0 Å². The maximum absolute atomic E-state index is 11.9. The molecule has 1 unspecified atom stereocenters. The molecule has 104 valence electrons. The van der Waals surface area contributed by atoms with Crippen LogP contribution in [0.5, 0.6) is 0 Å². The summed E-state index contributed by atoms with van der Waals surface area (Å²) in [5, 5.41) is 11.4. The molecule has 0 spiro atoms. The number of nitrogens with zero attached hydrogens (tertiary/aromatic N) is 1. The molecule has 0 aromatic carbocycles. The number of carbonyl (C=O) groups excluding carboxylic acids is 1. The number of ether oxygens (including phenoxy) is 2. The number of amides is 2. The summed E-state index contributed by atoms with van der Waals surface area (Å²) in [6.45, 7) is 4.60. The second-order valence-electron chi connectivity index (χ2n) is 4.46. The molecule has 1 fully saturated rings. The van der Waals surface area contributed by atoms with Crippen molar-refractivity contribution in [2.75, 3.05) is 26.8 Å². The molecule has 1 rings (SSSR count). The van der Waals surface area contributed by atoms with Crippen molar-refractivity contribution in [3.63, 3.8) is 0 Å². The van der Waals surface area contributed by atoms with E-state index in [9.17, 15) is 9.59 Å². The van der Waals surface area contributed by atoms with Crippen molar-refractivity contribution in [2.45, 2.75) is 32.1 Å². The third-order valence-corrected chi connectivity index (χ3v) is 2.64. The van der Waals surface area contributed by atoms with Crippen LogP contribution in [0.1, 0.15) is 13.8 Å². The lowest BCUT2D eigenvalue weighted by molar-refractivity contribution is -0.140. The van der Waals surface area contributed by atoms with Crippen LogP contribution >= 0.6 is 0 Å². The fourth-order valence-electron chi connectivity index (χ4n) is 1.93. The molecular weight excluding hydrogens is 240 g/mol. The second kappa shape index (κ2) is 6.55. The van der Waals surface area contributed by atoms with Gasteiger partial charge in [0.1, 0.15) is 0 Å². The van der Waals surface area contributed by atoms with Crippen LogP contribution in [0.15, 0.2) is 0 Å². The predicted molar refractivity (Wildman–Crippen MR) is 63.4 cm³/mol. The topological polar surface area (TPSA) is 88.1 Å². The number of rotatable bonds is 4. The number of nitrogens with one attached hydrogen (secondary N) is 1. The first-order valence-electron chi connectivity index (χ1n) is 5.86. The van der Waals surface area contributed by atoms with Crippen LogP contribution in [0, 0.1) is 0 Å². The van der Waals surface area contributed by atoms with Gasteiger partial charge >= 0.3 is 12.0 Å². The van der Waals surface area contributed by atoms with E-state index in [4.69, 9.17) is 14.6 Å². The average Bonchev–Trinajstić information content (AvgIpc) is 2.26. The van der Waals surface area contributed by atoms with Gasteiger partial charge in [-0.25, -0.2) is 9.59 Å². The molecule has 0 aromatic heterocycles. The van der Waals surface area contributed by atoms with Gasteiger partial charge in [-0.3, -0.25) is 0 Å². The predicted octanol–water partition coefficient (Wildman–Crippen LogP) is -0.0952. The Bertz CT molecular complexity index is 300. The Labute approximate surface area is 106 Å². The lowest BCUT2D eigenvalue weighted by atomic mass is 10.2. The zero-order valence-corrected chi connectivity index (χ0v) is 10.9. The van der Waals surface area contributed by atoms with Gasteiger partial charge < -0.3 is 24.8 Å². The van der Waals surface area contributed by atoms with Crippen molar-refractivity contribution in [3.05, 3.63) is 0 Å². The van der Waals surface area contributed by atoms with Gasteiger partial charge in [-0.1, -0.05) is 0 Å². The molecule has 1 aliphatic rings. The molecule has 1 aliphatic heterocycles. The number of carbonyl (C=O) groups is 2. The Morgan fingerprint density at radius 2 is 2.00 bits per heavy atom. The summed E-state index contributed by atoms with van der Waals surface area (Å²) in [6, 6.07) is -1.43. The Balaban J connectivity index is 2.55. The number of methoxy groups -OCH3 is 1. The average molecular weight is 260 g/mol. The summed E-state index contributed by atoms with van der Waals surface area (Å²) in [4.78, 5) is 24.4. The molecule has 0 aliphatic carbocycles. The first-order valence-corrected chi connectivity index (χ1v) is 5.86. The molecule has 0 aromatic rings. The van der Waals surface area contributed by atoms with Crippen molar-refractivity contribution in [1.29, 1.82) is 0 Å². The van der Waals surface area contributed by atoms with Gasteiger partial charge in [0.15, 0.2) is 6.04 Å². The number of carboxylic acid groups (broad SMARTS) is 1. The highest BCUT2D eigenvalue weighted by atomic mass is 16.5. The monoisotopic (exact) mass is 260 g/mol. The molecule has 2 N–H and O–H groups in total. The van der Waals surface area contributed by atoms with Gasteiger partial charge in [-0.05, 0) is 13.8 Å². The number of carboxylic acids is 1. The maximum atomic E-state index is 11.9. The van der Waals surface area contributed by atoms with E-state index in [-0.39, 0.29) is 18.8 Å². The van der Waals surface area contributed by atoms with Gasteiger partial charge in [0.2, 0.25) is 0 Å². The van der Waals surface area contributed by atoms with E-state index in [2.05, 4.69) is 5.32 Å². The van der Waals surface area contributed by atoms with Crippen molar-refractivity contribution in [3.8, 4) is 0 Å². The van der Waals surface area contributed by atoms with Crippen LogP contribution in [0.25, 0.3) is 0 Å². The van der Waals surface area contributed by atoms with Gasteiger partial charge in [0, 0.05) is 20.2 Å². The summed E-state index contributed by atoms with van der Waals surface area (Å²) in [6.07, 6.45) is -0.101. The number of aliphatic carboxylic acids is 1. The number of hydrogen-bond acceptors (Lipinski definition) is 4. The van der Waals surface area contributed by atoms with Crippen molar-refractivity contribution >= 4 is 12.0 Å². The Hall–Kier alpha value is -1.34. The minimum absolute atomic E-state index is 0.0507. The second-order valence-corrected chi connectivity index (χ2v) is 4.46. The summed E-state index contributed by atoms with van der Waals surface area (Å²) >= 11 is 0. The summed E-state index contributed by atoms with van der Waals surface area (Å²) < 4.78 is 10.3. The van der Waals surface area contributed by atoms with Crippen LogP contribution in [-0.4, -0.2) is 67.1 Å². The van der Waals surface area contributed by atoms with Crippen molar-refractivity contribution < 1.29 is 24.2 Å². The highest BCUT2D eigenvalue weighted by Gasteiger charge is 2.28. The molecular formula is C11H20N2O5. The van der Waals surface area contributed by atoms with Crippen LogP contribution in [0.3, 0.4) is 0 Å². The molecule has 2 amide bonds.